The molecule has 1 aromatic carbocycles. The molecular weight excluding hydrogens is 164 g/mol. The molecule has 0 fully saturated rings. The van der Waals surface area contributed by atoms with Crippen molar-refractivity contribution in [1.29, 1.82) is 0 Å². The second-order valence-electron chi connectivity index (χ2n) is 2.65. The lowest BCUT2D eigenvalue weighted by Gasteiger charge is -2.04. The number of benzene rings is 1. The number of hydrogen-bond acceptors (Lipinski definition) is 1. The van der Waals surface area contributed by atoms with Crippen molar-refractivity contribution >= 4 is 16.6 Å². The zero-order valence-electron chi connectivity index (χ0n) is 7.42. The summed E-state index contributed by atoms with van der Waals surface area (Å²) in [7, 11) is 0.823. The van der Waals surface area contributed by atoms with Gasteiger partial charge in [-0.2, -0.15) is 0 Å². The van der Waals surface area contributed by atoms with E-state index in [1.165, 1.54) is 11.1 Å². The van der Waals surface area contributed by atoms with E-state index in [1.54, 1.807) is 0 Å². The van der Waals surface area contributed by atoms with Crippen molar-refractivity contribution < 1.29 is 4.43 Å². The third-order valence-electron chi connectivity index (χ3n) is 1.85. The summed E-state index contributed by atoms with van der Waals surface area (Å²) >= 11 is 0. The topological polar surface area (TPSA) is 9.23 Å². The molecular formula is C10H14OSi. The Balaban J connectivity index is 2.75. The van der Waals surface area contributed by atoms with E-state index in [4.69, 9.17) is 4.43 Å². The van der Waals surface area contributed by atoms with Gasteiger partial charge in [0.15, 0.2) is 0 Å². The summed E-state index contributed by atoms with van der Waals surface area (Å²) < 4.78 is 5.15. The fourth-order valence-electron chi connectivity index (χ4n) is 1.17. The Bertz CT molecular complexity index is 258. The third kappa shape index (κ3) is 2.32. The third-order valence-corrected chi connectivity index (χ3v) is 2.26. The maximum absolute atomic E-state index is 5.15. The summed E-state index contributed by atoms with van der Waals surface area (Å²) in [5, 5.41) is 0. The molecule has 0 saturated heterocycles. The van der Waals surface area contributed by atoms with Crippen LogP contribution in [0.25, 0.3) is 6.08 Å². The first-order chi connectivity index (χ1) is 5.88. The molecule has 0 aromatic heterocycles. The van der Waals surface area contributed by atoms with Crippen LogP contribution >= 0.6 is 0 Å². The Morgan fingerprint density at radius 2 is 2.17 bits per heavy atom. The first kappa shape index (κ1) is 9.23. The lowest BCUT2D eigenvalue weighted by molar-refractivity contribution is 0.354. The van der Waals surface area contributed by atoms with Gasteiger partial charge in [0.1, 0.15) is 10.5 Å². The van der Waals surface area contributed by atoms with Crippen molar-refractivity contribution in [3.05, 3.63) is 42.0 Å². The van der Waals surface area contributed by atoms with E-state index in [0.29, 0.717) is 0 Å². The van der Waals surface area contributed by atoms with E-state index in [2.05, 4.69) is 24.8 Å². The SMILES string of the molecule is C=Cc1ccccc1CCO[SiH3]. The molecule has 0 spiro atoms. The van der Waals surface area contributed by atoms with Crippen LogP contribution in [0.4, 0.5) is 0 Å². The van der Waals surface area contributed by atoms with Gasteiger partial charge in [0.2, 0.25) is 0 Å². The molecule has 0 amide bonds. The van der Waals surface area contributed by atoms with Crippen LogP contribution in [-0.2, 0) is 10.8 Å². The van der Waals surface area contributed by atoms with E-state index in [9.17, 15) is 0 Å². The van der Waals surface area contributed by atoms with E-state index in [0.717, 1.165) is 23.5 Å². The van der Waals surface area contributed by atoms with Crippen molar-refractivity contribution in [1.82, 2.24) is 0 Å². The van der Waals surface area contributed by atoms with Gasteiger partial charge in [-0.3, -0.25) is 0 Å². The summed E-state index contributed by atoms with van der Waals surface area (Å²) in [4.78, 5) is 0. The normalized spacial score (nSPS) is 10.0. The van der Waals surface area contributed by atoms with Gasteiger partial charge in [0.05, 0.1) is 0 Å². The molecule has 0 radical (unpaired) electrons. The first-order valence-corrected chi connectivity index (χ1v) is 4.89. The van der Waals surface area contributed by atoms with Gasteiger partial charge in [-0.05, 0) is 17.5 Å². The Kier molecular flexibility index (Phi) is 3.77. The summed E-state index contributed by atoms with van der Waals surface area (Å²) in [5.41, 5.74) is 2.54. The fourth-order valence-corrected chi connectivity index (χ4v) is 1.38. The molecule has 0 unspecified atom stereocenters. The summed E-state index contributed by atoms with van der Waals surface area (Å²) in [6, 6.07) is 8.28. The maximum atomic E-state index is 5.15. The monoisotopic (exact) mass is 178 g/mol. The van der Waals surface area contributed by atoms with E-state index < -0.39 is 0 Å². The van der Waals surface area contributed by atoms with Crippen molar-refractivity contribution in [2.24, 2.45) is 0 Å². The minimum atomic E-state index is 0.823. The molecule has 12 heavy (non-hydrogen) atoms. The quantitative estimate of drug-likeness (QED) is 0.629. The number of rotatable bonds is 4. The number of hydrogen-bond donors (Lipinski definition) is 0. The molecule has 2 heteroatoms. The van der Waals surface area contributed by atoms with Crippen LogP contribution in [0.15, 0.2) is 30.8 Å². The van der Waals surface area contributed by atoms with Gasteiger partial charge in [-0.15, -0.1) is 0 Å². The average Bonchev–Trinajstić information content (AvgIpc) is 2.15. The highest BCUT2D eigenvalue weighted by atomic mass is 28.2. The van der Waals surface area contributed by atoms with E-state index >= 15 is 0 Å². The standard InChI is InChI=1S/C10H14OSi/c1-2-9-5-3-4-6-10(9)7-8-11-12/h2-6H,1,7-8H2,12H3. The molecule has 1 nitrogen and oxygen atoms in total. The fraction of sp³-hybridized carbons (Fsp3) is 0.200. The Morgan fingerprint density at radius 3 is 2.83 bits per heavy atom. The Morgan fingerprint density at radius 1 is 1.42 bits per heavy atom. The summed E-state index contributed by atoms with van der Waals surface area (Å²) in [6.45, 7) is 4.60. The van der Waals surface area contributed by atoms with Crippen molar-refractivity contribution in [3.63, 3.8) is 0 Å². The molecule has 0 aliphatic rings. The lowest BCUT2D eigenvalue weighted by Crippen LogP contribution is -1.96. The van der Waals surface area contributed by atoms with Crippen molar-refractivity contribution in [2.75, 3.05) is 6.61 Å². The second-order valence-corrected chi connectivity index (χ2v) is 3.22. The molecule has 64 valence electrons. The highest BCUT2D eigenvalue weighted by Crippen LogP contribution is 2.10. The van der Waals surface area contributed by atoms with Crippen molar-refractivity contribution in [3.8, 4) is 0 Å². The zero-order chi connectivity index (χ0) is 8.81. The largest absolute Gasteiger partial charge is 0.428 e. The Hall–Kier alpha value is -0.863. The second kappa shape index (κ2) is 4.90. The van der Waals surface area contributed by atoms with E-state index in [-0.39, 0.29) is 0 Å². The van der Waals surface area contributed by atoms with Crippen LogP contribution < -0.4 is 0 Å². The lowest BCUT2D eigenvalue weighted by atomic mass is 10.1. The van der Waals surface area contributed by atoms with Gasteiger partial charge >= 0.3 is 0 Å². The van der Waals surface area contributed by atoms with Gasteiger partial charge in [0, 0.05) is 6.61 Å². The van der Waals surface area contributed by atoms with Crippen LogP contribution in [0.1, 0.15) is 11.1 Å². The van der Waals surface area contributed by atoms with Crippen LogP contribution in [0.2, 0.25) is 0 Å². The van der Waals surface area contributed by atoms with Gasteiger partial charge in [0.25, 0.3) is 0 Å². The minimum Gasteiger partial charge on any atom is -0.428 e. The van der Waals surface area contributed by atoms with Crippen LogP contribution in [0.3, 0.4) is 0 Å². The van der Waals surface area contributed by atoms with Gasteiger partial charge in [-0.1, -0.05) is 36.9 Å². The maximum Gasteiger partial charge on any atom is 0.145 e. The molecule has 0 bridgehead atoms. The van der Waals surface area contributed by atoms with Crippen LogP contribution in [0.5, 0.6) is 0 Å². The molecule has 0 N–H and O–H groups in total. The molecule has 1 aromatic rings. The molecule has 1 rings (SSSR count). The highest BCUT2D eigenvalue weighted by molar-refractivity contribution is 5.97. The minimum absolute atomic E-state index is 0.823. The predicted molar refractivity (Wildman–Crippen MR) is 56.1 cm³/mol. The summed E-state index contributed by atoms with van der Waals surface area (Å²) in [5.74, 6) is 0. The summed E-state index contributed by atoms with van der Waals surface area (Å²) in [6.07, 6.45) is 2.88. The zero-order valence-corrected chi connectivity index (χ0v) is 9.42. The van der Waals surface area contributed by atoms with Crippen LogP contribution in [0, 0.1) is 0 Å². The van der Waals surface area contributed by atoms with E-state index in [1.807, 2.05) is 12.1 Å². The molecule has 0 aliphatic carbocycles. The predicted octanol–water partition coefficient (Wildman–Crippen LogP) is 1.17. The average molecular weight is 178 g/mol. The van der Waals surface area contributed by atoms with Crippen LogP contribution in [-0.4, -0.2) is 17.1 Å². The molecule has 0 atom stereocenters. The molecule has 0 saturated carbocycles. The smallest absolute Gasteiger partial charge is 0.145 e. The van der Waals surface area contributed by atoms with Crippen molar-refractivity contribution in [2.45, 2.75) is 6.42 Å². The molecule has 0 heterocycles. The highest BCUT2D eigenvalue weighted by Gasteiger charge is 1.95. The molecule has 0 aliphatic heterocycles. The first-order valence-electron chi connectivity index (χ1n) is 4.07. The van der Waals surface area contributed by atoms with Gasteiger partial charge < -0.3 is 4.43 Å². The van der Waals surface area contributed by atoms with Gasteiger partial charge in [-0.25, -0.2) is 0 Å². The Labute approximate surface area is 76.6 Å².